The van der Waals surface area contributed by atoms with Gasteiger partial charge >= 0.3 is 0 Å². The highest BCUT2D eigenvalue weighted by Gasteiger charge is 2.25. The second-order valence-electron chi connectivity index (χ2n) is 3.85. The predicted molar refractivity (Wildman–Crippen MR) is 56.5 cm³/mol. The van der Waals surface area contributed by atoms with Gasteiger partial charge in [0.25, 0.3) is 0 Å². The summed E-state index contributed by atoms with van der Waals surface area (Å²) in [6.07, 6.45) is 3.72. The van der Waals surface area contributed by atoms with E-state index in [-0.39, 0.29) is 0 Å². The summed E-state index contributed by atoms with van der Waals surface area (Å²) in [7, 11) is 0. The first-order valence-corrected chi connectivity index (χ1v) is 5.05. The summed E-state index contributed by atoms with van der Waals surface area (Å²) in [5, 5.41) is 0. The fraction of sp³-hybridized carbons (Fsp3) is 0.545. The second-order valence-corrected chi connectivity index (χ2v) is 3.85. The third-order valence-corrected chi connectivity index (χ3v) is 2.61. The lowest BCUT2D eigenvalue weighted by molar-refractivity contribution is 0.0756. The minimum absolute atomic E-state index is 0.433. The van der Waals surface area contributed by atoms with Gasteiger partial charge in [-0.05, 0) is 26.0 Å². The zero-order valence-electron chi connectivity index (χ0n) is 8.68. The molecule has 0 spiro atoms. The van der Waals surface area contributed by atoms with Crippen molar-refractivity contribution in [2.45, 2.75) is 25.9 Å². The van der Waals surface area contributed by atoms with E-state index >= 15 is 0 Å². The van der Waals surface area contributed by atoms with Crippen LogP contribution in [0.5, 0.6) is 0 Å². The van der Waals surface area contributed by atoms with E-state index in [1.165, 1.54) is 5.69 Å². The zero-order chi connectivity index (χ0) is 9.97. The SMILES string of the molecule is C[C@@H]1COC[C@@H](C)N1c1cccnc1. The van der Waals surface area contributed by atoms with Gasteiger partial charge in [0.2, 0.25) is 0 Å². The van der Waals surface area contributed by atoms with Crippen LogP contribution in [0.4, 0.5) is 5.69 Å². The molecule has 2 rings (SSSR count). The van der Waals surface area contributed by atoms with Gasteiger partial charge in [0.15, 0.2) is 0 Å². The van der Waals surface area contributed by atoms with E-state index in [0.717, 1.165) is 13.2 Å². The highest BCUT2D eigenvalue weighted by molar-refractivity contribution is 5.46. The third kappa shape index (κ3) is 1.73. The predicted octanol–water partition coefficient (Wildman–Crippen LogP) is 1.70. The number of nitrogens with zero attached hydrogens (tertiary/aromatic N) is 2. The van der Waals surface area contributed by atoms with E-state index in [1.807, 2.05) is 12.3 Å². The second kappa shape index (κ2) is 3.96. The van der Waals surface area contributed by atoms with E-state index in [0.29, 0.717) is 12.1 Å². The van der Waals surface area contributed by atoms with Gasteiger partial charge in [0.05, 0.1) is 25.1 Å². The Hall–Kier alpha value is -1.09. The number of anilines is 1. The molecule has 1 aromatic heterocycles. The van der Waals surface area contributed by atoms with Crippen LogP contribution in [0.2, 0.25) is 0 Å². The van der Waals surface area contributed by atoms with Crippen LogP contribution >= 0.6 is 0 Å². The molecule has 1 aromatic rings. The molecule has 0 unspecified atom stereocenters. The molecule has 1 fully saturated rings. The maximum atomic E-state index is 5.48. The van der Waals surface area contributed by atoms with E-state index < -0.39 is 0 Å². The molecule has 0 N–H and O–H groups in total. The molecule has 0 radical (unpaired) electrons. The molecule has 0 amide bonds. The van der Waals surface area contributed by atoms with Crippen LogP contribution in [-0.2, 0) is 4.74 Å². The number of aromatic nitrogens is 1. The fourth-order valence-electron chi connectivity index (χ4n) is 2.02. The van der Waals surface area contributed by atoms with Crippen LogP contribution in [0.1, 0.15) is 13.8 Å². The lowest BCUT2D eigenvalue weighted by Gasteiger charge is -2.40. The van der Waals surface area contributed by atoms with E-state index in [9.17, 15) is 0 Å². The molecule has 1 saturated heterocycles. The summed E-state index contributed by atoms with van der Waals surface area (Å²) in [4.78, 5) is 6.52. The maximum Gasteiger partial charge on any atom is 0.0668 e. The van der Waals surface area contributed by atoms with Crippen molar-refractivity contribution in [2.24, 2.45) is 0 Å². The zero-order valence-corrected chi connectivity index (χ0v) is 8.68. The summed E-state index contributed by atoms with van der Waals surface area (Å²) in [5.41, 5.74) is 1.19. The van der Waals surface area contributed by atoms with Gasteiger partial charge in [-0.3, -0.25) is 4.98 Å². The first kappa shape index (κ1) is 9.46. The molecule has 0 bridgehead atoms. The molecule has 14 heavy (non-hydrogen) atoms. The van der Waals surface area contributed by atoms with Gasteiger partial charge in [-0.2, -0.15) is 0 Å². The Balaban J connectivity index is 2.23. The fourth-order valence-corrected chi connectivity index (χ4v) is 2.02. The topological polar surface area (TPSA) is 25.4 Å². The van der Waals surface area contributed by atoms with E-state index in [2.05, 4.69) is 29.8 Å². The van der Waals surface area contributed by atoms with Gasteiger partial charge < -0.3 is 9.64 Å². The van der Waals surface area contributed by atoms with Crippen molar-refractivity contribution in [1.82, 2.24) is 4.98 Å². The smallest absolute Gasteiger partial charge is 0.0668 e. The van der Waals surface area contributed by atoms with Crippen molar-refractivity contribution in [2.75, 3.05) is 18.1 Å². The maximum absolute atomic E-state index is 5.48. The average molecular weight is 192 g/mol. The van der Waals surface area contributed by atoms with Crippen molar-refractivity contribution < 1.29 is 4.74 Å². The monoisotopic (exact) mass is 192 g/mol. The Morgan fingerprint density at radius 2 is 2.07 bits per heavy atom. The summed E-state index contributed by atoms with van der Waals surface area (Å²) >= 11 is 0. The quantitative estimate of drug-likeness (QED) is 0.677. The third-order valence-electron chi connectivity index (χ3n) is 2.61. The molecule has 0 aliphatic carbocycles. The van der Waals surface area contributed by atoms with Gasteiger partial charge in [-0.1, -0.05) is 0 Å². The summed E-state index contributed by atoms with van der Waals surface area (Å²) < 4.78 is 5.48. The number of hydrogen-bond acceptors (Lipinski definition) is 3. The Labute approximate surface area is 84.7 Å². The highest BCUT2D eigenvalue weighted by Crippen LogP contribution is 2.21. The lowest BCUT2D eigenvalue weighted by Crippen LogP contribution is -2.49. The van der Waals surface area contributed by atoms with Crippen molar-refractivity contribution in [3.63, 3.8) is 0 Å². The normalized spacial score (nSPS) is 27.7. The van der Waals surface area contributed by atoms with Crippen LogP contribution in [0.25, 0.3) is 0 Å². The molecule has 2 heterocycles. The molecule has 0 aromatic carbocycles. The van der Waals surface area contributed by atoms with Gasteiger partial charge in [0.1, 0.15) is 0 Å². The molecule has 0 saturated carbocycles. The number of hydrogen-bond donors (Lipinski definition) is 0. The summed E-state index contributed by atoms with van der Waals surface area (Å²) in [6.45, 7) is 5.98. The summed E-state index contributed by atoms with van der Waals surface area (Å²) in [6, 6.07) is 4.95. The summed E-state index contributed by atoms with van der Waals surface area (Å²) in [5.74, 6) is 0. The molecular formula is C11H16N2O. The standard InChI is InChI=1S/C11H16N2O/c1-9-7-14-8-10(2)13(9)11-4-3-5-12-6-11/h3-6,9-10H,7-8H2,1-2H3/t9-,10-/m1/s1. The molecule has 76 valence electrons. The van der Waals surface area contributed by atoms with Gasteiger partial charge in [0, 0.05) is 18.3 Å². The first-order chi connectivity index (χ1) is 6.79. The molecular weight excluding hydrogens is 176 g/mol. The minimum atomic E-state index is 0.433. The molecule has 3 nitrogen and oxygen atoms in total. The van der Waals surface area contributed by atoms with Gasteiger partial charge in [-0.25, -0.2) is 0 Å². The van der Waals surface area contributed by atoms with Crippen LogP contribution < -0.4 is 4.90 Å². The number of morpholine rings is 1. The van der Waals surface area contributed by atoms with Crippen LogP contribution in [0.3, 0.4) is 0 Å². The molecule has 2 atom stereocenters. The number of pyridine rings is 1. The van der Waals surface area contributed by atoms with Crippen molar-refractivity contribution in [3.05, 3.63) is 24.5 Å². The van der Waals surface area contributed by atoms with E-state index in [1.54, 1.807) is 6.20 Å². The van der Waals surface area contributed by atoms with Crippen molar-refractivity contribution in [1.29, 1.82) is 0 Å². The molecule has 3 heteroatoms. The first-order valence-electron chi connectivity index (χ1n) is 5.05. The highest BCUT2D eigenvalue weighted by atomic mass is 16.5. The number of rotatable bonds is 1. The molecule has 1 aliphatic heterocycles. The van der Waals surface area contributed by atoms with Crippen LogP contribution in [0, 0.1) is 0 Å². The van der Waals surface area contributed by atoms with Gasteiger partial charge in [-0.15, -0.1) is 0 Å². The Morgan fingerprint density at radius 3 is 2.64 bits per heavy atom. The molecule has 1 aliphatic rings. The largest absolute Gasteiger partial charge is 0.377 e. The van der Waals surface area contributed by atoms with Crippen LogP contribution in [0.15, 0.2) is 24.5 Å². The number of ether oxygens (including phenoxy) is 1. The Bertz CT molecular complexity index is 279. The Kier molecular flexibility index (Phi) is 2.68. The Morgan fingerprint density at radius 1 is 1.36 bits per heavy atom. The van der Waals surface area contributed by atoms with Crippen molar-refractivity contribution in [3.8, 4) is 0 Å². The van der Waals surface area contributed by atoms with Crippen molar-refractivity contribution >= 4 is 5.69 Å². The average Bonchev–Trinajstić information content (AvgIpc) is 2.19. The lowest BCUT2D eigenvalue weighted by atomic mass is 10.1. The minimum Gasteiger partial charge on any atom is -0.377 e. The van der Waals surface area contributed by atoms with Crippen LogP contribution in [-0.4, -0.2) is 30.3 Å². The van der Waals surface area contributed by atoms with E-state index in [4.69, 9.17) is 4.74 Å².